The Morgan fingerprint density at radius 3 is 2.65 bits per heavy atom. The van der Waals surface area contributed by atoms with E-state index in [2.05, 4.69) is 15.5 Å². The lowest BCUT2D eigenvalue weighted by molar-refractivity contribution is -0.137. The molecule has 1 aromatic carbocycles. The smallest absolute Gasteiger partial charge is 0.303 e. The number of rotatable bonds is 6. The fourth-order valence-corrected chi connectivity index (χ4v) is 1.76. The van der Waals surface area contributed by atoms with Gasteiger partial charge in [-0.1, -0.05) is 30.3 Å². The van der Waals surface area contributed by atoms with Crippen LogP contribution in [0.25, 0.3) is 11.3 Å². The third-order valence-electron chi connectivity index (χ3n) is 2.72. The topological polar surface area (TPSA) is 95.1 Å². The van der Waals surface area contributed by atoms with Crippen LogP contribution in [-0.4, -0.2) is 27.2 Å². The second-order valence-corrected chi connectivity index (χ2v) is 4.33. The number of hydrogen-bond acceptors (Lipinski definition) is 3. The zero-order chi connectivity index (χ0) is 14.4. The van der Waals surface area contributed by atoms with Crippen LogP contribution in [-0.2, 0) is 9.59 Å². The maximum atomic E-state index is 11.6. The van der Waals surface area contributed by atoms with E-state index in [1.807, 2.05) is 30.3 Å². The molecule has 1 heterocycles. The molecule has 6 heteroatoms. The predicted molar refractivity (Wildman–Crippen MR) is 74.1 cm³/mol. The van der Waals surface area contributed by atoms with Gasteiger partial charge < -0.3 is 10.4 Å². The molecule has 0 spiro atoms. The molecule has 6 nitrogen and oxygen atoms in total. The summed E-state index contributed by atoms with van der Waals surface area (Å²) in [6.07, 6.45) is 0.472. The zero-order valence-electron chi connectivity index (χ0n) is 10.8. The van der Waals surface area contributed by atoms with Crippen LogP contribution in [0.1, 0.15) is 19.3 Å². The summed E-state index contributed by atoms with van der Waals surface area (Å²) in [6.45, 7) is 0. The van der Waals surface area contributed by atoms with Crippen molar-refractivity contribution in [2.75, 3.05) is 5.32 Å². The standard InChI is InChI=1S/C14H15N3O3/c18-13(7-4-8-14(19)20)15-12-9-11(16-17-12)10-5-2-1-3-6-10/h1-3,5-6,9H,4,7-8H2,(H,19,20)(H2,15,16,17,18). The van der Waals surface area contributed by atoms with Gasteiger partial charge in [-0.15, -0.1) is 0 Å². The molecule has 104 valence electrons. The van der Waals surface area contributed by atoms with Gasteiger partial charge in [0.2, 0.25) is 5.91 Å². The van der Waals surface area contributed by atoms with Crippen LogP contribution in [0.15, 0.2) is 36.4 Å². The van der Waals surface area contributed by atoms with Crippen LogP contribution < -0.4 is 5.32 Å². The van der Waals surface area contributed by atoms with E-state index in [1.165, 1.54) is 0 Å². The van der Waals surface area contributed by atoms with E-state index >= 15 is 0 Å². The fourth-order valence-electron chi connectivity index (χ4n) is 1.76. The minimum absolute atomic E-state index is 0.0107. The van der Waals surface area contributed by atoms with Crippen LogP contribution >= 0.6 is 0 Å². The Bertz CT molecular complexity index is 593. The first kappa shape index (κ1) is 13.8. The van der Waals surface area contributed by atoms with E-state index in [0.717, 1.165) is 11.3 Å². The molecule has 20 heavy (non-hydrogen) atoms. The number of anilines is 1. The molecule has 0 saturated heterocycles. The first-order valence-corrected chi connectivity index (χ1v) is 6.27. The molecular weight excluding hydrogens is 258 g/mol. The maximum Gasteiger partial charge on any atom is 0.303 e. The number of carboxylic acids is 1. The fraction of sp³-hybridized carbons (Fsp3) is 0.214. The molecule has 0 aliphatic heterocycles. The lowest BCUT2D eigenvalue weighted by atomic mass is 10.1. The molecule has 0 aliphatic carbocycles. The summed E-state index contributed by atoms with van der Waals surface area (Å²) in [5.74, 6) is -0.703. The molecule has 0 bridgehead atoms. The van der Waals surface area contributed by atoms with Crippen molar-refractivity contribution in [1.82, 2.24) is 10.2 Å². The zero-order valence-corrected chi connectivity index (χ0v) is 10.8. The Morgan fingerprint density at radius 2 is 1.95 bits per heavy atom. The summed E-state index contributed by atoms with van der Waals surface area (Å²) in [6, 6.07) is 11.4. The molecule has 0 radical (unpaired) electrons. The average Bonchev–Trinajstić information content (AvgIpc) is 2.88. The number of carbonyl (C=O) groups is 2. The molecule has 0 atom stereocenters. The van der Waals surface area contributed by atoms with E-state index in [9.17, 15) is 9.59 Å². The van der Waals surface area contributed by atoms with Gasteiger partial charge in [0.15, 0.2) is 5.82 Å². The highest BCUT2D eigenvalue weighted by Gasteiger charge is 2.08. The van der Waals surface area contributed by atoms with Crippen molar-refractivity contribution in [2.45, 2.75) is 19.3 Å². The largest absolute Gasteiger partial charge is 0.481 e. The molecule has 1 aromatic heterocycles. The Hall–Kier alpha value is -2.63. The average molecular weight is 273 g/mol. The van der Waals surface area contributed by atoms with Crippen LogP contribution in [0.2, 0.25) is 0 Å². The molecule has 2 aromatic rings. The van der Waals surface area contributed by atoms with Gasteiger partial charge in [-0.05, 0) is 12.0 Å². The minimum atomic E-state index is -0.899. The molecular formula is C14H15N3O3. The quantitative estimate of drug-likeness (QED) is 0.752. The first-order chi connectivity index (χ1) is 9.65. The van der Waals surface area contributed by atoms with Gasteiger partial charge in [0, 0.05) is 18.9 Å². The van der Waals surface area contributed by atoms with E-state index in [4.69, 9.17) is 5.11 Å². The summed E-state index contributed by atoms with van der Waals surface area (Å²) in [7, 11) is 0. The van der Waals surface area contributed by atoms with Gasteiger partial charge in [0.05, 0.1) is 5.69 Å². The number of aromatic amines is 1. The van der Waals surface area contributed by atoms with Gasteiger partial charge in [-0.3, -0.25) is 14.7 Å². The molecule has 0 saturated carbocycles. The van der Waals surface area contributed by atoms with Crippen molar-refractivity contribution in [2.24, 2.45) is 0 Å². The van der Waals surface area contributed by atoms with Crippen molar-refractivity contribution in [3.05, 3.63) is 36.4 Å². The lowest BCUT2D eigenvalue weighted by Crippen LogP contribution is -2.12. The van der Waals surface area contributed by atoms with E-state index < -0.39 is 5.97 Å². The highest BCUT2D eigenvalue weighted by molar-refractivity contribution is 5.90. The minimum Gasteiger partial charge on any atom is -0.481 e. The Morgan fingerprint density at radius 1 is 1.20 bits per heavy atom. The molecule has 0 fully saturated rings. The van der Waals surface area contributed by atoms with Crippen LogP contribution in [0.5, 0.6) is 0 Å². The number of benzene rings is 1. The van der Waals surface area contributed by atoms with Crippen molar-refractivity contribution in [1.29, 1.82) is 0 Å². The SMILES string of the molecule is O=C(O)CCCC(=O)Nc1cc(-c2ccccc2)[nH]n1. The summed E-state index contributed by atoms with van der Waals surface area (Å²) in [4.78, 5) is 21.9. The number of amides is 1. The number of carboxylic acid groups (broad SMARTS) is 1. The van der Waals surface area contributed by atoms with Crippen LogP contribution in [0.4, 0.5) is 5.82 Å². The molecule has 3 N–H and O–H groups in total. The lowest BCUT2D eigenvalue weighted by Gasteiger charge is -1.99. The predicted octanol–water partition coefficient (Wildman–Crippen LogP) is 2.27. The summed E-state index contributed by atoms with van der Waals surface area (Å²) >= 11 is 0. The third-order valence-corrected chi connectivity index (χ3v) is 2.72. The molecule has 0 aliphatic rings. The number of carbonyl (C=O) groups excluding carboxylic acids is 1. The first-order valence-electron chi connectivity index (χ1n) is 6.27. The number of nitrogens with one attached hydrogen (secondary N) is 2. The number of hydrogen-bond donors (Lipinski definition) is 3. The Kier molecular flexibility index (Phi) is 4.49. The summed E-state index contributed by atoms with van der Waals surface area (Å²) in [5.41, 5.74) is 1.79. The number of H-pyrrole nitrogens is 1. The number of aromatic nitrogens is 2. The Labute approximate surface area is 115 Å². The van der Waals surface area contributed by atoms with Crippen molar-refractivity contribution >= 4 is 17.7 Å². The highest BCUT2D eigenvalue weighted by Crippen LogP contribution is 2.19. The number of aliphatic carboxylic acids is 1. The molecule has 2 rings (SSSR count). The van der Waals surface area contributed by atoms with Crippen LogP contribution in [0.3, 0.4) is 0 Å². The van der Waals surface area contributed by atoms with Gasteiger partial charge in [0.1, 0.15) is 0 Å². The Balaban J connectivity index is 1.90. The summed E-state index contributed by atoms with van der Waals surface area (Å²) in [5, 5.41) is 18.0. The van der Waals surface area contributed by atoms with E-state index in [-0.39, 0.29) is 18.7 Å². The third kappa shape index (κ3) is 3.94. The van der Waals surface area contributed by atoms with Gasteiger partial charge in [0.25, 0.3) is 0 Å². The van der Waals surface area contributed by atoms with Crippen molar-refractivity contribution < 1.29 is 14.7 Å². The second kappa shape index (κ2) is 6.51. The second-order valence-electron chi connectivity index (χ2n) is 4.33. The molecule has 1 amide bonds. The summed E-state index contributed by atoms with van der Waals surface area (Å²) < 4.78 is 0. The monoisotopic (exact) mass is 273 g/mol. The van der Waals surface area contributed by atoms with E-state index in [0.29, 0.717) is 12.2 Å². The van der Waals surface area contributed by atoms with Crippen LogP contribution in [0, 0.1) is 0 Å². The number of nitrogens with zero attached hydrogens (tertiary/aromatic N) is 1. The highest BCUT2D eigenvalue weighted by atomic mass is 16.4. The maximum absolute atomic E-state index is 11.6. The van der Waals surface area contributed by atoms with Crippen molar-refractivity contribution in [3.8, 4) is 11.3 Å². The van der Waals surface area contributed by atoms with E-state index in [1.54, 1.807) is 6.07 Å². The normalized spacial score (nSPS) is 10.2. The van der Waals surface area contributed by atoms with Gasteiger partial charge >= 0.3 is 5.97 Å². The molecule has 0 unspecified atom stereocenters. The van der Waals surface area contributed by atoms with Gasteiger partial charge in [-0.2, -0.15) is 5.10 Å². The van der Waals surface area contributed by atoms with Gasteiger partial charge in [-0.25, -0.2) is 0 Å². The van der Waals surface area contributed by atoms with Crippen molar-refractivity contribution in [3.63, 3.8) is 0 Å².